The second-order valence-corrected chi connectivity index (χ2v) is 3.29. The standard InChI is InChI=1S/C3H5NO.3Ca.2H3O4P/c1-2-3(4)5;;;;2*1-5(2,3)4/h2H,1H2,(H2,4,5);;;;2*(H3,1,2,3,4)/q;3*+2;;/p-6. The third-order valence-corrected chi connectivity index (χ3v) is 0.201. The van der Waals surface area contributed by atoms with Crippen molar-refractivity contribution in [1.29, 1.82) is 0 Å². The predicted molar refractivity (Wildman–Crippen MR) is 51.9 cm³/mol. The Balaban J connectivity index is -0.0000000277. The molecule has 15 heteroatoms. The summed E-state index contributed by atoms with van der Waals surface area (Å²) in [5, 5.41) is 0. The van der Waals surface area contributed by atoms with Crippen LogP contribution in [0.3, 0.4) is 0 Å². The van der Waals surface area contributed by atoms with Gasteiger partial charge in [0.1, 0.15) is 0 Å². The van der Waals surface area contributed by atoms with Gasteiger partial charge in [-0.3, -0.25) is 4.79 Å². The van der Waals surface area contributed by atoms with Gasteiger partial charge in [0.25, 0.3) is 0 Å². The zero-order chi connectivity index (χ0) is 13.3. The SMILES string of the molecule is C=CC(N)=O.O=P([O-])([O-])[O-].O=P([O-])([O-])[O-].[Ca+2].[Ca+2].[Ca+2]. The van der Waals surface area contributed by atoms with Crippen LogP contribution in [0.5, 0.6) is 0 Å². The Labute approximate surface area is 193 Å². The van der Waals surface area contributed by atoms with E-state index in [1.807, 2.05) is 0 Å². The molecule has 0 aromatic rings. The van der Waals surface area contributed by atoms with Crippen molar-refractivity contribution in [2.24, 2.45) is 5.73 Å². The van der Waals surface area contributed by atoms with Crippen LogP contribution in [0, 0.1) is 0 Å². The van der Waals surface area contributed by atoms with Crippen LogP contribution in [0.25, 0.3) is 0 Å². The molecular formula is C3H5Ca3NO9P2. The van der Waals surface area contributed by atoms with Crippen LogP contribution in [-0.2, 0) is 13.9 Å². The van der Waals surface area contributed by atoms with Gasteiger partial charge in [-0.25, -0.2) is 0 Å². The van der Waals surface area contributed by atoms with E-state index in [9.17, 15) is 4.79 Å². The van der Waals surface area contributed by atoms with Crippen LogP contribution in [0.15, 0.2) is 12.7 Å². The number of carbonyl (C=O) groups is 1. The van der Waals surface area contributed by atoms with E-state index >= 15 is 0 Å². The predicted octanol–water partition coefficient (Wildman–Crippen LogP) is -7.13. The molecule has 92 valence electrons. The fourth-order valence-corrected chi connectivity index (χ4v) is 0. The second-order valence-electron chi connectivity index (χ2n) is 1.50. The van der Waals surface area contributed by atoms with Gasteiger partial charge in [0.15, 0.2) is 0 Å². The molecule has 18 heavy (non-hydrogen) atoms. The van der Waals surface area contributed by atoms with Crippen molar-refractivity contribution in [2.45, 2.75) is 0 Å². The van der Waals surface area contributed by atoms with E-state index in [0.29, 0.717) is 0 Å². The summed E-state index contributed by atoms with van der Waals surface area (Å²) in [6.45, 7) is 3.09. The van der Waals surface area contributed by atoms with Crippen molar-refractivity contribution >= 4 is 135 Å². The Morgan fingerprint density at radius 1 is 0.889 bits per heavy atom. The first-order valence-corrected chi connectivity index (χ1v) is 5.57. The summed E-state index contributed by atoms with van der Waals surface area (Å²) in [5.74, 6) is -0.481. The summed E-state index contributed by atoms with van der Waals surface area (Å²) in [5.41, 5.74) is 4.53. The summed E-state index contributed by atoms with van der Waals surface area (Å²) >= 11 is 0. The third kappa shape index (κ3) is 235. The summed E-state index contributed by atoms with van der Waals surface area (Å²) in [6.07, 6.45) is 1.06. The van der Waals surface area contributed by atoms with Crippen molar-refractivity contribution in [1.82, 2.24) is 0 Å². The average Bonchev–Trinajstić information content (AvgIpc) is 1.79. The number of hydrogen-bond donors (Lipinski definition) is 1. The van der Waals surface area contributed by atoms with Gasteiger partial charge in [-0.05, 0) is 6.08 Å². The van der Waals surface area contributed by atoms with Crippen molar-refractivity contribution in [2.75, 3.05) is 0 Å². The molecule has 1 amide bonds. The van der Waals surface area contributed by atoms with Crippen LogP contribution >= 0.6 is 15.6 Å². The second kappa shape index (κ2) is 20.2. The summed E-state index contributed by atoms with van der Waals surface area (Å²) < 4.78 is 17.1. The molecule has 0 heterocycles. The minimum Gasteiger partial charge on any atom is -0.822 e. The zero-order valence-electron chi connectivity index (χ0n) is 9.05. The molecule has 10 nitrogen and oxygen atoms in total. The largest absolute Gasteiger partial charge is 2.00 e. The number of hydrogen-bond acceptors (Lipinski definition) is 9. The Morgan fingerprint density at radius 2 is 0.944 bits per heavy atom. The molecule has 0 fully saturated rings. The molecule has 2 N–H and O–H groups in total. The Hall–Kier alpha value is 3.21. The van der Waals surface area contributed by atoms with E-state index in [-0.39, 0.29) is 113 Å². The number of phosphoric acid groups is 2. The smallest absolute Gasteiger partial charge is 0.822 e. The maximum Gasteiger partial charge on any atom is 2.00 e. The monoisotopic (exact) mass is 381 g/mol. The summed E-state index contributed by atoms with van der Waals surface area (Å²) in [6, 6.07) is 0. The minimum atomic E-state index is -5.39. The summed E-state index contributed by atoms with van der Waals surface area (Å²) in [4.78, 5) is 60.8. The van der Waals surface area contributed by atoms with Gasteiger partial charge in [-0.1, -0.05) is 6.58 Å². The molecule has 0 aliphatic heterocycles. The van der Waals surface area contributed by atoms with E-state index < -0.39 is 21.6 Å². The normalized spacial score (nSPS) is 8.33. The van der Waals surface area contributed by atoms with Gasteiger partial charge >= 0.3 is 113 Å². The van der Waals surface area contributed by atoms with Gasteiger partial charge in [0, 0.05) is 0 Å². The fourth-order valence-electron chi connectivity index (χ4n) is 0. The van der Waals surface area contributed by atoms with E-state index in [4.69, 9.17) is 38.5 Å². The zero-order valence-corrected chi connectivity index (χ0v) is 17.5. The first-order valence-electron chi connectivity index (χ1n) is 2.65. The molecule has 0 aliphatic rings. The molecule has 0 saturated heterocycles. The first kappa shape index (κ1) is 37.4. The Bertz CT molecular complexity index is 250. The molecule has 0 bridgehead atoms. The van der Waals surface area contributed by atoms with E-state index in [0.717, 1.165) is 6.08 Å². The van der Waals surface area contributed by atoms with Crippen molar-refractivity contribution in [3.8, 4) is 0 Å². The molecule has 0 atom stereocenters. The number of primary amides is 1. The maximum absolute atomic E-state index is 9.47. The molecule has 0 unspecified atom stereocenters. The molecule has 0 aliphatic carbocycles. The number of amides is 1. The number of rotatable bonds is 1. The van der Waals surface area contributed by atoms with Crippen LogP contribution in [-0.4, -0.2) is 119 Å². The van der Waals surface area contributed by atoms with E-state index in [2.05, 4.69) is 12.3 Å². The third-order valence-electron chi connectivity index (χ3n) is 0.201. The fraction of sp³-hybridized carbons (Fsp3) is 0. The summed E-state index contributed by atoms with van der Waals surface area (Å²) in [7, 11) is -10.8. The molecule has 0 rings (SSSR count). The van der Waals surface area contributed by atoms with Gasteiger partial charge in [0.05, 0.1) is 0 Å². The number of nitrogens with two attached hydrogens (primary N) is 1. The first-order chi connectivity index (χ1) is 6.27. The van der Waals surface area contributed by atoms with Crippen LogP contribution in [0.2, 0.25) is 0 Å². The van der Waals surface area contributed by atoms with Crippen LogP contribution < -0.4 is 35.1 Å². The molecule has 0 aromatic heterocycles. The van der Waals surface area contributed by atoms with Gasteiger partial charge in [-0.2, -0.15) is 15.6 Å². The van der Waals surface area contributed by atoms with Crippen LogP contribution in [0.4, 0.5) is 0 Å². The van der Waals surface area contributed by atoms with Crippen molar-refractivity contribution in [3.63, 3.8) is 0 Å². The van der Waals surface area contributed by atoms with E-state index in [1.165, 1.54) is 0 Å². The van der Waals surface area contributed by atoms with Gasteiger partial charge in [0.2, 0.25) is 5.91 Å². The molecule has 0 spiro atoms. The maximum atomic E-state index is 9.47. The van der Waals surface area contributed by atoms with Gasteiger partial charge in [-0.15, -0.1) is 0 Å². The van der Waals surface area contributed by atoms with Crippen LogP contribution in [0.1, 0.15) is 0 Å². The quantitative estimate of drug-likeness (QED) is 0.259. The average molecular weight is 381 g/mol. The van der Waals surface area contributed by atoms with Crippen molar-refractivity contribution in [3.05, 3.63) is 12.7 Å². The molecule has 0 radical (unpaired) electrons. The van der Waals surface area contributed by atoms with E-state index in [1.54, 1.807) is 0 Å². The Morgan fingerprint density at radius 3 is 0.944 bits per heavy atom. The molecule has 0 saturated carbocycles. The Kier molecular flexibility index (Phi) is 42.0. The van der Waals surface area contributed by atoms with Gasteiger partial charge < -0.3 is 44.2 Å². The topological polar surface area (TPSA) is 216 Å². The number of carbonyl (C=O) groups excluding carboxylic acids is 1. The minimum absolute atomic E-state index is 0. The molecule has 0 aromatic carbocycles. The molecular weight excluding hydrogens is 376 g/mol. The van der Waals surface area contributed by atoms with Crippen molar-refractivity contribution < 1.29 is 43.3 Å².